The van der Waals surface area contributed by atoms with Gasteiger partial charge in [-0.25, -0.2) is 21.6 Å². The minimum atomic E-state index is -3.76. The SMILES string of the molecule is CC(C)CN(c1cccc(Cl)c1)S(=O)(=O)c1ccc(N2CCC(NS(C)(=O)=O)CC2)cc1. The van der Waals surface area contributed by atoms with Gasteiger partial charge in [-0.3, -0.25) is 4.31 Å². The average molecular weight is 500 g/mol. The van der Waals surface area contributed by atoms with Gasteiger partial charge in [0.05, 0.1) is 16.8 Å². The number of hydrogen-bond donors (Lipinski definition) is 1. The van der Waals surface area contributed by atoms with Crippen LogP contribution < -0.4 is 13.9 Å². The van der Waals surface area contributed by atoms with Crippen molar-refractivity contribution in [2.45, 2.75) is 37.6 Å². The molecule has 0 unspecified atom stereocenters. The Morgan fingerprint density at radius 3 is 2.22 bits per heavy atom. The molecule has 1 saturated heterocycles. The zero-order chi connectivity index (χ0) is 23.5. The van der Waals surface area contributed by atoms with Crippen LogP contribution in [-0.2, 0) is 20.0 Å². The Hall–Kier alpha value is -1.81. The smallest absolute Gasteiger partial charge is 0.264 e. The number of nitrogens with zero attached hydrogens (tertiary/aromatic N) is 2. The van der Waals surface area contributed by atoms with Gasteiger partial charge in [0.15, 0.2) is 0 Å². The molecular weight excluding hydrogens is 470 g/mol. The van der Waals surface area contributed by atoms with Crippen molar-refractivity contribution in [1.29, 1.82) is 0 Å². The topological polar surface area (TPSA) is 86.8 Å². The second-order valence-electron chi connectivity index (χ2n) is 8.56. The summed E-state index contributed by atoms with van der Waals surface area (Å²) in [5.74, 6) is 0.130. The van der Waals surface area contributed by atoms with Gasteiger partial charge in [-0.2, -0.15) is 0 Å². The summed E-state index contributed by atoms with van der Waals surface area (Å²) in [7, 11) is -6.98. The highest BCUT2D eigenvalue weighted by Crippen LogP contribution is 2.29. The van der Waals surface area contributed by atoms with Crippen LogP contribution in [0.5, 0.6) is 0 Å². The molecule has 0 radical (unpaired) electrons. The molecule has 7 nitrogen and oxygen atoms in total. The predicted octanol–water partition coefficient (Wildman–Crippen LogP) is 3.71. The Morgan fingerprint density at radius 2 is 1.69 bits per heavy atom. The van der Waals surface area contributed by atoms with Gasteiger partial charge in [-0.1, -0.05) is 31.5 Å². The first kappa shape index (κ1) is 24.8. The van der Waals surface area contributed by atoms with Gasteiger partial charge >= 0.3 is 0 Å². The number of piperidine rings is 1. The molecule has 0 saturated carbocycles. The second kappa shape index (κ2) is 9.99. The van der Waals surface area contributed by atoms with Crippen molar-refractivity contribution in [3.05, 3.63) is 53.6 Å². The number of anilines is 2. The normalized spacial score (nSPS) is 15.8. The van der Waals surface area contributed by atoms with Crippen molar-refractivity contribution < 1.29 is 16.8 Å². The first-order valence-electron chi connectivity index (χ1n) is 10.6. The fraction of sp³-hybridized carbons (Fsp3) is 0.455. The third-order valence-electron chi connectivity index (χ3n) is 5.29. The van der Waals surface area contributed by atoms with Crippen LogP contribution in [0.15, 0.2) is 53.4 Å². The first-order valence-corrected chi connectivity index (χ1v) is 14.3. The molecule has 176 valence electrons. The van der Waals surface area contributed by atoms with Crippen LogP contribution in [0, 0.1) is 5.92 Å². The Bertz CT molecular complexity index is 1130. The Balaban J connectivity index is 1.78. The summed E-state index contributed by atoms with van der Waals surface area (Å²) < 4.78 is 53.8. The standard InChI is InChI=1S/C22H30ClN3O4S2/c1-17(2)16-26(21-6-4-5-18(23)15-21)32(29,30)22-9-7-20(8-10-22)25-13-11-19(12-14-25)24-31(3,27)28/h4-10,15,17,19,24H,11-14,16H2,1-3H3. The first-order chi connectivity index (χ1) is 15.0. The molecule has 10 heteroatoms. The zero-order valence-corrected chi connectivity index (χ0v) is 20.9. The van der Waals surface area contributed by atoms with Gasteiger partial charge in [0.25, 0.3) is 10.0 Å². The third-order valence-corrected chi connectivity index (χ3v) is 8.10. The Labute approximate surface area is 196 Å². The van der Waals surface area contributed by atoms with Crippen LogP contribution in [0.1, 0.15) is 26.7 Å². The molecule has 1 heterocycles. The van der Waals surface area contributed by atoms with E-state index < -0.39 is 20.0 Å². The van der Waals surface area contributed by atoms with Crippen molar-refractivity contribution in [1.82, 2.24) is 4.72 Å². The van der Waals surface area contributed by atoms with Crippen LogP contribution in [-0.4, -0.2) is 48.8 Å². The molecule has 3 rings (SSSR count). The van der Waals surface area contributed by atoms with E-state index in [9.17, 15) is 16.8 Å². The maximum atomic E-state index is 13.4. The molecule has 1 fully saturated rings. The van der Waals surface area contributed by atoms with E-state index in [2.05, 4.69) is 9.62 Å². The molecule has 0 atom stereocenters. The summed E-state index contributed by atoms with van der Waals surface area (Å²) in [6, 6.07) is 13.7. The summed E-state index contributed by atoms with van der Waals surface area (Å²) in [5.41, 5.74) is 1.45. The van der Waals surface area contributed by atoms with Gasteiger partial charge in [-0.15, -0.1) is 0 Å². The minimum Gasteiger partial charge on any atom is -0.371 e. The van der Waals surface area contributed by atoms with E-state index in [1.54, 1.807) is 36.4 Å². The van der Waals surface area contributed by atoms with Gasteiger partial charge in [-0.05, 0) is 61.2 Å². The highest BCUT2D eigenvalue weighted by atomic mass is 35.5. The molecule has 0 bridgehead atoms. The Morgan fingerprint density at radius 1 is 1.06 bits per heavy atom. The van der Waals surface area contributed by atoms with Crippen LogP contribution in [0.25, 0.3) is 0 Å². The van der Waals surface area contributed by atoms with Gasteiger partial charge in [0, 0.05) is 36.4 Å². The molecule has 32 heavy (non-hydrogen) atoms. The maximum absolute atomic E-state index is 13.4. The fourth-order valence-corrected chi connectivity index (χ4v) is 6.47. The highest BCUT2D eigenvalue weighted by molar-refractivity contribution is 7.92. The number of hydrogen-bond acceptors (Lipinski definition) is 5. The molecule has 0 aromatic heterocycles. The number of benzene rings is 2. The van der Waals surface area contributed by atoms with Crippen molar-refractivity contribution in [2.75, 3.05) is 35.1 Å². The molecule has 1 N–H and O–H groups in total. The fourth-order valence-electron chi connectivity index (χ4n) is 3.82. The Kier molecular flexibility index (Phi) is 7.75. The monoisotopic (exact) mass is 499 g/mol. The average Bonchev–Trinajstić information content (AvgIpc) is 2.71. The second-order valence-corrected chi connectivity index (χ2v) is 12.6. The van der Waals surface area contributed by atoms with E-state index in [0.717, 1.165) is 5.69 Å². The summed E-state index contributed by atoms with van der Waals surface area (Å²) >= 11 is 6.11. The number of rotatable bonds is 8. The van der Waals surface area contributed by atoms with Crippen molar-refractivity contribution >= 4 is 43.0 Å². The van der Waals surface area contributed by atoms with Gasteiger partial charge in [0.1, 0.15) is 0 Å². The van der Waals surface area contributed by atoms with Crippen LogP contribution in [0.4, 0.5) is 11.4 Å². The molecule has 0 spiro atoms. The van der Waals surface area contributed by atoms with E-state index in [-0.39, 0.29) is 16.9 Å². The van der Waals surface area contributed by atoms with E-state index >= 15 is 0 Å². The molecule has 1 aliphatic heterocycles. The lowest BCUT2D eigenvalue weighted by atomic mass is 10.1. The lowest BCUT2D eigenvalue weighted by Gasteiger charge is -2.33. The molecule has 0 amide bonds. The van der Waals surface area contributed by atoms with Gasteiger partial charge in [0.2, 0.25) is 10.0 Å². The van der Waals surface area contributed by atoms with E-state index in [4.69, 9.17) is 11.6 Å². The van der Waals surface area contributed by atoms with E-state index in [1.165, 1.54) is 10.6 Å². The van der Waals surface area contributed by atoms with Crippen molar-refractivity contribution in [3.63, 3.8) is 0 Å². The zero-order valence-electron chi connectivity index (χ0n) is 18.5. The van der Waals surface area contributed by atoms with Crippen LogP contribution in [0.3, 0.4) is 0 Å². The third kappa shape index (κ3) is 6.37. The highest BCUT2D eigenvalue weighted by Gasteiger charge is 2.27. The molecule has 0 aliphatic carbocycles. The number of halogens is 1. The maximum Gasteiger partial charge on any atom is 0.264 e. The van der Waals surface area contributed by atoms with Crippen LogP contribution in [0.2, 0.25) is 5.02 Å². The number of nitrogens with one attached hydrogen (secondary N) is 1. The van der Waals surface area contributed by atoms with E-state index in [1.807, 2.05) is 26.0 Å². The van der Waals surface area contributed by atoms with Crippen molar-refractivity contribution in [3.8, 4) is 0 Å². The summed E-state index contributed by atoms with van der Waals surface area (Å²) in [6.07, 6.45) is 2.57. The summed E-state index contributed by atoms with van der Waals surface area (Å²) in [5, 5.41) is 0.482. The van der Waals surface area contributed by atoms with Gasteiger partial charge < -0.3 is 4.90 Å². The largest absolute Gasteiger partial charge is 0.371 e. The summed E-state index contributed by atoms with van der Waals surface area (Å²) in [6.45, 7) is 5.67. The lowest BCUT2D eigenvalue weighted by molar-refractivity contribution is 0.461. The summed E-state index contributed by atoms with van der Waals surface area (Å²) in [4.78, 5) is 2.36. The molecule has 2 aromatic carbocycles. The number of sulfonamides is 2. The lowest BCUT2D eigenvalue weighted by Crippen LogP contribution is -2.44. The van der Waals surface area contributed by atoms with Crippen molar-refractivity contribution in [2.24, 2.45) is 5.92 Å². The van der Waals surface area contributed by atoms with E-state index in [0.29, 0.717) is 43.2 Å². The quantitative estimate of drug-likeness (QED) is 0.598. The van der Waals surface area contributed by atoms with Crippen LogP contribution >= 0.6 is 11.6 Å². The molecule has 1 aliphatic rings. The molecular formula is C22H30ClN3O4S2. The minimum absolute atomic E-state index is 0.0665. The predicted molar refractivity (Wildman–Crippen MR) is 130 cm³/mol. The molecule has 2 aromatic rings.